The number of pyridine rings is 1. The Balaban J connectivity index is 2.24. The van der Waals surface area contributed by atoms with Crippen LogP contribution in [0.3, 0.4) is 0 Å². The Bertz CT molecular complexity index is 698. The van der Waals surface area contributed by atoms with Crippen molar-refractivity contribution in [3.05, 3.63) is 65.2 Å². The Morgan fingerprint density at radius 2 is 1.79 bits per heavy atom. The van der Waals surface area contributed by atoms with E-state index in [2.05, 4.69) is 55.2 Å². The molecule has 94 valence electrons. The van der Waals surface area contributed by atoms with Crippen LogP contribution in [0.25, 0.3) is 21.7 Å². The molecule has 2 heterocycles. The highest BCUT2D eigenvalue weighted by atomic mass is 32.1. The molecule has 0 saturated heterocycles. The molecule has 0 N–H and O–H groups in total. The molecule has 0 radical (unpaired) electrons. The molecular formula is C17H15NS. The van der Waals surface area contributed by atoms with E-state index in [4.69, 9.17) is 0 Å². The van der Waals surface area contributed by atoms with Gasteiger partial charge in [0.25, 0.3) is 0 Å². The van der Waals surface area contributed by atoms with Crippen molar-refractivity contribution in [3.8, 4) is 21.7 Å². The van der Waals surface area contributed by atoms with Crippen LogP contribution < -0.4 is 0 Å². The summed E-state index contributed by atoms with van der Waals surface area (Å²) in [7, 11) is 0. The molecule has 0 unspecified atom stereocenters. The zero-order chi connectivity index (χ0) is 13.2. The van der Waals surface area contributed by atoms with E-state index >= 15 is 0 Å². The van der Waals surface area contributed by atoms with Crippen LogP contribution in [-0.2, 0) is 0 Å². The molecule has 0 aliphatic carbocycles. The van der Waals surface area contributed by atoms with E-state index in [-0.39, 0.29) is 0 Å². The van der Waals surface area contributed by atoms with E-state index < -0.39 is 0 Å². The Labute approximate surface area is 117 Å². The summed E-state index contributed by atoms with van der Waals surface area (Å²) in [5.41, 5.74) is 4.82. The monoisotopic (exact) mass is 265 g/mol. The molecule has 3 aromatic rings. The molecular weight excluding hydrogens is 250 g/mol. The van der Waals surface area contributed by atoms with Crippen LogP contribution in [0.2, 0.25) is 0 Å². The molecule has 2 aromatic heterocycles. The van der Waals surface area contributed by atoms with Gasteiger partial charge in [0.1, 0.15) is 0 Å². The van der Waals surface area contributed by atoms with Crippen LogP contribution in [0, 0.1) is 13.8 Å². The highest BCUT2D eigenvalue weighted by Gasteiger charge is 2.11. The first-order valence-corrected chi connectivity index (χ1v) is 7.15. The van der Waals surface area contributed by atoms with E-state index in [1.165, 1.54) is 26.4 Å². The van der Waals surface area contributed by atoms with E-state index in [0.717, 1.165) is 5.69 Å². The van der Waals surface area contributed by atoms with Gasteiger partial charge in [-0.2, -0.15) is 0 Å². The standard InChI is InChI=1S/C17H15NS/c1-12-6-5-7-14(16-10-9-13(2)19-16)17(12)15-8-3-4-11-18-15/h3-11H,1-2H3. The molecule has 19 heavy (non-hydrogen) atoms. The summed E-state index contributed by atoms with van der Waals surface area (Å²) in [5.74, 6) is 0. The topological polar surface area (TPSA) is 12.9 Å². The Kier molecular flexibility index (Phi) is 3.18. The first kappa shape index (κ1) is 12.1. The van der Waals surface area contributed by atoms with Crippen LogP contribution in [0.5, 0.6) is 0 Å². The number of nitrogens with zero attached hydrogens (tertiary/aromatic N) is 1. The van der Waals surface area contributed by atoms with E-state index in [1.807, 2.05) is 29.7 Å². The summed E-state index contributed by atoms with van der Waals surface area (Å²) in [6.45, 7) is 4.29. The van der Waals surface area contributed by atoms with E-state index in [9.17, 15) is 0 Å². The molecule has 3 rings (SSSR count). The fraction of sp³-hybridized carbons (Fsp3) is 0.118. The third kappa shape index (κ3) is 2.32. The lowest BCUT2D eigenvalue weighted by Gasteiger charge is -2.10. The lowest BCUT2D eigenvalue weighted by molar-refractivity contribution is 1.31. The van der Waals surface area contributed by atoms with Crippen LogP contribution in [-0.4, -0.2) is 4.98 Å². The number of rotatable bonds is 2. The molecule has 0 atom stereocenters. The Hall–Kier alpha value is -1.93. The fourth-order valence-corrected chi connectivity index (χ4v) is 3.20. The maximum atomic E-state index is 4.51. The number of hydrogen-bond acceptors (Lipinski definition) is 2. The maximum Gasteiger partial charge on any atom is 0.0711 e. The lowest BCUT2D eigenvalue weighted by Crippen LogP contribution is -1.89. The fourth-order valence-electron chi connectivity index (χ4n) is 2.30. The highest BCUT2D eigenvalue weighted by molar-refractivity contribution is 7.15. The van der Waals surface area contributed by atoms with Crippen molar-refractivity contribution in [2.24, 2.45) is 0 Å². The SMILES string of the molecule is Cc1ccc(-c2cccc(C)c2-c2ccccn2)s1. The predicted molar refractivity (Wildman–Crippen MR) is 82.5 cm³/mol. The molecule has 1 nitrogen and oxygen atoms in total. The largest absolute Gasteiger partial charge is 0.256 e. The lowest BCUT2D eigenvalue weighted by atomic mass is 9.97. The van der Waals surface area contributed by atoms with Gasteiger partial charge in [-0.15, -0.1) is 11.3 Å². The van der Waals surface area contributed by atoms with Crippen LogP contribution in [0.1, 0.15) is 10.4 Å². The third-order valence-electron chi connectivity index (χ3n) is 3.20. The molecule has 0 bridgehead atoms. The normalized spacial score (nSPS) is 10.6. The van der Waals surface area contributed by atoms with E-state index in [0.29, 0.717) is 0 Å². The summed E-state index contributed by atoms with van der Waals surface area (Å²) < 4.78 is 0. The molecule has 0 amide bonds. The maximum absolute atomic E-state index is 4.51. The first-order chi connectivity index (χ1) is 9.25. The van der Waals surface area contributed by atoms with Gasteiger partial charge in [0.05, 0.1) is 5.69 Å². The number of aryl methyl sites for hydroxylation is 2. The summed E-state index contributed by atoms with van der Waals surface area (Å²) >= 11 is 1.83. The first-order valence-electron chi connectivity index (χ1n) is 6.33. The average molecular weight is 265 g/mol. The summed E-state index contributed by atoms with van der Waals surface area (Å²) in [6.07, 6.45) is 1.85. The molecule has 0 aliphatic heterocycles. The molecule has 2 heteroatoms. The van der Waals surface area contributed by atoms with Gasteiger partial charge in [-0.25, -0.2) is 0 Å². The second kappa shape index (κ2) is 4.98. The van der Waals surface area contributed by atoms with Crippen molar-refractivity contribution in [2.45, 2.75) is 13.8 Å². The van der Waals surface area contributed by atoms with Crippen molar-refractivity contribution in [3.63, 3.8) is 0 Å². The van der Waals surface area contributed by atoms with Crippen LogP contribution >= 0.6 is 11.3 Å². The zero-order valence-electron chi connectivity index (χ0n) is 11.1. The van der Waals surface area contributed by atoms with Crippen LogP contribution in [0.15, 0.2) is 54.7 Å². The van der Waals surface area contributed by atoms with Gasteiger partial charge >= 0.3 is 0 Å². The number of aromatic nitrogens is 1. The molecule has 0 saturated carbocycles. The van der Waals surface area contributed by atoms with Crippen molar-refractivity contribution in [2.75, 3.05) is 0 Å². The molecule has 1 aromatic carbocycles. The Morgan fingerprint density at radius 3 is 2.47 bits per heavy atom. The van der Waals surface area contributed by atoms with Gasteiger partial charge in [0.2, 0.25) is 0 Å². The number of hydrogen-bond donors (Lipinski definition) is 0. The Morgan fingerprint density at radius 1 is 0.895 bits per heavy atom. The predicted octanol–water partition coefficient (Wildman–Crippen LogP) is 5.09. The minimum absolute atomic E-state index is 1.04. The quantitative estimate of drug-likeness (QED) is 0.628. The minimum atomic E-state index is 1.04. The second-order valence-corrected chi connectivity index (χ2v) is 5.91. The molecule has 0 aliphatic rings. The third-order valence-corrected chi connectivity index (χ3v) is 4.23. The smallest absolute Gasteiger partial charge is 0.0711 e. The van der Waals surface area contributed by atoms with Crippen molar-refractivity contribution < 1.29 is 0 Å². The second-order valence-electron chi connectivity index (χ2n) is 4.62. The average Bonchev–Trinajstić information content (AvgIpc) is 2.86. The summed E-state index contributed by atoms with van der Waals surface area (Å²) in [5, 5.41) is 0. The van der Waals surface area contributed by atoms with Crippen molar-refractivity contribution in [1.29, 1.82) is 0 Å². The number of thiophene rings is 1. The van der Waals surface area contributed by atoms with Gasteiger partial charge in [-0.3, -0.25) is 4.98 Å². The van der Waals surface area contributed by atoms with Gasteiger partial charge < -0.3 is 0 Å². The van der Waals surface area contributed by atoms with Crippen molar-refractivity contribution >= 4 is 11.3 Å². The summed E-state index contributed by atoms with van der Waals surface area (Å²) in [6, 6.07) is 16.9. The molecule has 0 fully saturated rings. The number of benzene rings is 1. The minimum Gasteiger partial charge on any atom is -0.256 e. The van der Waals surface area contributed by atoms with Crippen LogP contribution in [0.4, 0.5) is 0 Å². The van der Waals surface area contributed by atoms with Crippen molar-refractivity contribution in [1.82, 2.24) is 4.98 Å². The summed E-state index contributed by atoms with van der Waals surface area (Å²) in [4.78, 5) is 7.15. The van der Waals surface area contributed by atoms with E-state index in [1.54, 1.807) is 0 Å². The van der Waals surface area contributed by atoms with Gasteiger partial charge in [0.15, 0.2) is 0 Å². The highest BCUT2D eigenvalue weighted by Crippen LogP contribution is 2.36. The van der Waals surface area contributed by atoms with Gasteiger partial charge in [-0.1, -0.05) is 24.3 Å². The zero-order valence-corrected chi connectivity index (χ0v) is 11.9. The van der Waals surface area contributed by atoms with Gasteiger partial charge in [-0.05, 0) is 43.7 Å². The van der Waals surface area contributed by atoms with Gasteiger partial charge in [0, 0.05) is 27.1 Å². The molecule has 0 spiro atoms.